The smallest absolute Gasteiger partial charge is 0.153 e. The molecule has 0 atom stereocenters. The monoisotopic (exact) mass is 243 g/mol. The van der Waals surface area contributed by atoms with Gasteiger partial charge in [0.1, 0.15) is 5.75 Å². The molecule has 1 aromatic carbocycles. The highest BCUT2D eigenvalue weighted by Crippen LogP contribution is 2.22. The Hall–Kier alpha value is -2.23. The molecule has 0 radical (unpaired) electrons. The van der Waals surface area contributed by atoms with Gasteiger partial charge in [0, 0.05) is 11.4 Å². The third-order valence-corrected chi connectivity index (χ3v) is 2.49. The van der Waals surface area contributed by atoms with Gasteiger partial charge in [-0.15, -0.1) is 0 Å². The van der Waals surface area contributed by atoms with E-state index in [0.717, 1.165) is 17.1 Å². The lowest BCUT2D eigenvalue weighted by Crippen LogP contribution is -2.00. The Labute approximate surface area is 107 Å². The summed E-state index contributed by atoms with van der Waals surface area (Å²) in [6, 6.07) is 11.4. The quantitative estimate of drug-likeness (QED) is 0.866. The molecule has 1 heterocycles. The molecule has 0 bridgehead atoms. The minimum Gasteiger partial charge on any atom is -0.494 e. The molecular formula is C14H17N3O. The standard InChI is InChI=1S/C14H17N3O/c1-3-18-12-7-5-11(6-8-12)17-14-13(15)9-4-10(2)16-14/h4-9H,3,15H2,1-2H3,(H,16,17). The lowest BCUT2D eigenvalue weighted by Gasteiger charge is -2.10. The van der Waals surface area contributed by atoms with E-state index < -0.39 is 0 Å². The van der Waals surface area contributed by atoms with Crippen LogP contribution >= 0.6 is 0 Å². The summed E-state index contributed by atoms with van der Waals surface area (Å²) >= 11 is 0. The fourth-order valence-electron chi connectivity index (χ4n) is 1.61. The van der Waals surface area contributed by atoms with Crippen LogP contribution < -0.4 is 15.8 Å². The minimum atomic E-state index is 0.634. The van der Waals surface area contributed by atoms with Crippen molar-refractivity contribution in [3.63, 3.8) is 0 Å². The first-order chi connectivity index (χ1) is 8.69. The van der Waals surface area contributed by atoms with Crippen LogP contribution in [0.1, 0.15) is 12.6 Å². The molecule has 4 nitrogen and oxygen atoms in total. The Balaban J connectivity index is 2.15. The normalized spacial score (nSPS) is 10.1. The average Bonchev–Trinajstić information content (AvgIpc) is 2.37. The van der Waals surface area contributed by atoms with Gasteiger partial charge in [0.25, 0.3) is 0 Å². The Kier molecular flexibility index (Phi) is 3.67. The molecular weight excluding hydrogens is 226 g/mol. The van der Waals surface area contributed by atoms with Crippen molar-refractivity contribution in [2.24, 2.45) is 0 Å². The summed E-state index contributed by atoms with van der Waals surface area (Å²) < 4.78 is 5.39. The van der Waals surface area contributed by atoms with E-state index in [1.807, 2.05) is 50.2 Å². The van der Waals surface area contributed by atoms with Gasteiger partial charge in [0.15, 0.2) is 5.82 Å². The van der Waals surface area contributed by atoms with Gasteiger partial charge >= 0.3 is 0 Å². The van der Waals surface area contributed by atoms with E-state index in [9.17, 15) is 0 Å². The van der Waals surface area contributed by atoms with E-state index in [-0.39, 0.29) is 0 Å². The molecule has 0 aliphatic carbocycles. The molecule has 3 N–H and O–H groups in total. The summed E-state index contributed by atoms with van der Waals surface area (Å²) in [6.07, 6.45) is 0. The third-order valence-electron chi connectivity index (χ3n) is 2.49. The first-order valence-electron chi connectivity index (χ1n) is 5.92. The Bertz CT molecular complexity index is 523. The van der Waals surface area contributed by atoms with E-state index in [0.29, 0.717) is 18.1 Å². The third kappa shape index (κ3) is 2.91. The molecule has 0 spiro atoms. The Morgan fingerprint density at radius 1 is 1.17 bits per heavy atom. The van der Waals surface area contributed by atoms with Gasteiger partial charge in [-0.3, -0.25) is 0 Å². The number of nitrogens with one attached hydrogen (secondary N) is 1. The largest absolute Gasteiger partial charge is 0.494 e. The van der Waals surface area contributed by atoms with Crippen molar-refractivity contribution >= 4 is 17.2 Å². The number of rotatable bonds is 4. The number of pyridine rings is 1. The minimum absolute atomic E-state index is 0.634. The molecule has 0 aliphatic rings. The highest BCUT2D eigenvalue weighted by Gasteiger charge is 2.02. The molecule has 0 aliphatic heterocycles. The first-order valence-corrected chi connectivity index (χ1v) is 5.92. The summed E-state index contributed by atoms with van der Waals surface area (Å²) in [4.78, 5) is 4.36. The SMILES string of the molecule is CCOc1ccc(Nc2nc(C)ccc2N)cc1. The lowest BCUT2D eigenvalue weighted by atomic mass is 10.3. The van der Waals surface area contributed by atoms with Crippen molar-refractivity contribution in [3.8, 4) is 5.75 Å². The summed E-state index contributed by atoms with van der Waals surface area (Å²) in [5, 5.41) is 3.19. The van der Waals surface area contributed by atoms with Gasteiger partial charge < -0.3 is 15.8 Å². The van der Waals surface area contributed by atoms with Crippen LogP contribution in [0.2, 0.25) is 0 Å². The van der Waals surface area contributed by atoms with Gasteiger partial charge in [0.2, 0.25) is 0 Å². The van der Waals surface area contributed by atoms with Crippen molar-refractivity contribution in [3.05, 3.63) is 42.1 Å². The molecule has 0 amide bonds. The van der Waals surface area contributed by atoms with E-state index in [1.54, 1.807) is 0 Å². The van der Waals surface area contributed by atoms with Gasteiger partial charge in [-0.1, -0.05) is 0 Å². The highest BCUT2D eigenvalue weighted by atomic mass is 16.5. The van der Waals surface area contributed by atoms with Crippen LogP contribution in [0.3, 0.4) is 0 Å². The number of ether oxygens (including phenoxy) is 1. The maximum Gasteiger partial charge on any atom is 0.153 e. The highest BCUT2D eigenvalue weighted by molar-refractivity contribution is 5.68. The van der Waals surface area contributed by atoms with Crippen LogP contribution in [0, 0.1) is 6.92 Å². The van der Waals surface area contributed by atoms with Crippen LogP contribution in [0.25, 0.3) is 0 Å². The van der Waals surface area contributed by atoms with E-state index in [4.69, 9.17) is 10.5 Å². The summed E-state index contributed by atoms with van der Waals surface area (Å²) in [7, 11) is 0. The predicted octanol–water partition coefficient (Wildman–Crippen LogP) is 3.11. The predicted molar refractivity (Wildman–Crippen MR) is 74.3 cm³/mol. The fourth-order valence-corrected chi connectivity index (χ4v) is 1.61. The second-order valence-electron chi connectivity index (χ2n) is 3.97. The number of hydrogen-bond donors (Lipinski definition) is 2. The van der Waals surface area contributed by atoms with E-state index >= 15 is 0 Å². The summed E-state index contributed by atoms with van der Waals surface area (Å²) in [5.74, 6) is 1.53. The van der Waals surface area contributed by atoms with Crippen LogP contribution in [0.15, 0.2) is 36.4 Å². The maximum atomic E-state index is 5.87. The molecule has 1 aromatic heterocycles. The number of nitrogens with two attached hydrogens (primary N) is 1. The number of nitrogen functional groups attached to an aromatic ring is 1. The summed E-state index contributed by atoms with van der Waals surface area (Å²) in [6.45, 7) is 4.56. The summed E-state index contributed by atoms with van der Waals surface area (Å²) in [5.41, 5.74) is 8.36. The van der Waals surface area contributed by atoms with Gasteiger partial charge in [-0.05, 0) is 50.2 Å². The number of anilines is 3. The molecule has 94 valence electrons. The molecule has 4 heteroatoms. The second kappa shape index (κ2) is 5.40. The molecule has 2 aromatic rings. The van der Waals surface area contributed by atoms with Gasteiger partial charge in [0.05, 0.1) is 12.3 Å². The molecule has 0 saturated heterocycles. The topological polar surface area (TPSA) is 60.2 Å². The second-order valence-corrected chi connectivity index (χ2v) is 3.97. The van der Waals surface area contributed by atoms with E-state index in [2.05, 4.69) is 10.3 Å². The number of nitrogens with zero attached hydrogens (tertiary/aromatic N) is 1. The number of hydrogen-bond acceptors (Lipinski definition) is 4. The van der Waals surface area contributed by atoms with Crippen molar-refractivity contribution in [1.82, 2.24) is 4.98 Å². The molecule has 18 heavy (non-hydrogen) atoms. The van der Waals surface area contributed by atoms with Crippen molar-refractivity contribution in [2.45, 2.75) is 13.8 Å². The number of aromatic nitrogens is 1. The van der Waals surface area contributed by atoms with Crippen LogP contribution in [-0.4, -0.2) is 11.6 Å². The molecule has 0 fully saturated rings. The van der Waals surface area contributed by atoms with Crippen LogP contribution in [0.4, 0.5) is 17.2 Å². The Morgan fingerprint density at radius 2 is 1.89 bits per heavy atom. The fraction of sp³-hybridized carbons (Fsp3) is 0.214. The van der Waals surface area contributed by atoms with Gasteiger partial charge in [-0.2, -0.15) is 0 Å². The lowest BCUT2D eigenvalue weighted by molar-refractivity contribution is 0.340. The zero-order valence-corrected chi connectivity index (χ0v) is 10.6. The van der Waals surface area contributed by atoms with Crippen molar-refractivity contribution in [1.29, 1.82) is 0 Å². The average molecular weight is 243 g/mol. The number of benzene rings is 1. The van der Waals surface area contributed by atoms with Crippen LogP contribution in [-0.2, 0) is 0 Å². The van der Waals surface area contributed by atoms with E-state index in [1.165, 1.54) is 0 Å². The van der Waals surface area contributed by atoms with Crippen molar-refractivity contribution < 1.29 is 4.74 Å². The zero-order valence-electron chi connectivity index (χ0n) is 10.6. The molecule has 0 unspecified atom stereocenters. The molecule has 2 rings (SSSR count). The first kappa shape index (κ1) is 12.2. The van der Waals surface area contributed by atoms with Gasteiger partial charge in [-0.25, -0.2) is 4.98 Å². The van der Waals surface area contributed by atoms with Crippen LogP contribution in [0.5, 0.6) is 5.75 Å². The zero-order chi connectivity index (χ0) is 13.0. The Morgan fingerprint density at radius 3 is 2.56 bits per heavy atom. The maximum absolute atomic E-state index is 5.87. The molecule has 0 saturated carbocycles. The van der Waals surface area contributed by atoms with Crippen molar-refractivity contribution in [2.75, 3.05) is 17.7 Å². The number of aryl methyl sites for hydroxylation is 1.